The Morgan fingerprint density at radius 1 is 1.21 bits per heavy atom. The van der Waals surface area contributed by atoms with E-state index >= 15 is 0 Å². The van der Waals surface area contributed by atoms with Crippen molar-refractivity contribution in [3.8, 4) is 5.69 Å². The zero-order valence-electron chi connectivity index (χ0n) is 13.7. The summed E-state index contributed by atoms with van der Waals surface area (Å²) in [6, 6.07) is 7.73. The average molecular weight is 328 g/mol. The van der Waals surface area contributed by atoms with Gasteiger partial charge in [-0.25, -0.2) is 4.68 Å². The molecule has 2 heterocycles. The fourth-order valence-corrected chi connectivity index (χ4v) is 3.04. The van der Waals surface area contributed by atoms with Crippen LogP contribution in [0.2, 0.25) is 0 Å². The number of nitrogens with zero attached hydrogens (tertiary/aromatic N) is 4. The third-order valence-electron chi connectivity index (χ3n) is 4.31. The van der Waals surface area contributed by atoms with Crippen molar-refractivity contribution < 1.29 is 14.7 Å². The fraction of sp³-hybridized carbons (Fsp3) is 0.412. The summed E-state index contributed by atoms with van der Waals surface area (Å²) in [5, 5.41) is 17.2. The van der Waals surface area contributed by atoms with Crippen LogP contribution in [0, 0.1) is 18.8 Å². The summed E-state index contributed by atoms with van der Waals surface area (Å²) in [6.45, 7) is 4.71. The number of benzene rings is 1. The van der Waals surface area contributed by atoms with Crippen LogP contribution in [0.4, 0.5) is 0 Å². The number of hydrogen-bond acceptors (Lipinski definition) is 4. The molecule has 2 aromatic rings. The Balaban J connectivity index is 1.78. The van der Waals surface area contributed by atoms with Gasteiger partial charge in [0.1, 0.15) is 0 Å². The molecule has 24 heavy (non-hydrogen) atoms. The molecule has 1 N–H and O–H groups in total. The van der Waals surface area contributed by atoms with E-state index in [2.05, 4.69) is 10.3 Å². The zero-order chi connectivity index (χ0) is 17.3. The molecule has 1 aliphatic heterocycles. The Kier molecular flexibility index (Phi) is 4.33. The van der Waals surface area contributed by atoms with Crippen molar-refractivity contribution in [2.45, 2.75) is 20.3 Å². The van der Waals surface area contributed by atoms with Gasteiger partial charge in [-0.3, -0.25) is 9.59 Å². The number of amides is 1. The van der Waals surface area contributed by atoms with Crippen molar-refractivity contribution in [3.05, 3.63) is 41.7 Å². The largest absolute Gasteiger partial charge is 0.481 e. The molecule has 1 amide bonds. The molecule has 126 valence electrons. The lowest BCUT2D eigenvalue weighted by Gasteiger charge is -2.34. The van der Waals surface area contributed by atoms with Gasteiger partial charge < -0.3 is 10.0 Å². The lowest BCUT2D eigenvalue weighted by Crippen LogP contribution is -2.45. The Morgan fingerprint density at radius 2 is 1.92 bits per heavy atom. The number of carboxylic acid groups (broad SMARTS) is 1. The van der Waals surface area contributed by atoms with Crippen LogP contribution in [-0.4, -0.2) is 50.0 Å². The van der Waals surface area contributed by atoms with Crippen molar-refractivity contribution in [3.63, 3.8) is 0 Å². The molecule has 7 nitrogen and oxygen atoms in total. The molecular weight excluding hydrogens is 308 g/mol. The quantitative estimate of drug-likeness (QED) is 0.927. The van der Waals surface area contributed by atoms with Gasteiger partial charge in [0.2, 0.25) is 0 Å². The van der Waals surface area contributed by atoms with Gasteiger partial charge in [0, 0.05) is 13.1 Å². The second-order valence-corrected chi connectivity index (χ2v) is 6.47. The summed E-state index contributed by atoms with van der Waals surface area (Å²) in [4.78, 5) is 25.4. The first-order valence-corrected chi connectivity index (χ1v) is 7.95. The molecule has 3 rings (SSSR count). The van der Waals surface area contributed by atoms with Crippen LogP contribution in [0.3, 0.4) is 0 Å². The number of likely N-dealkylation sites (tertiary alicyclic amines) is 1. The Morgan fingerprint density at radius 3 is 2.58 bits per heavy atom. The lowest BCUT2D eigenvalue weighted by atomic mass is 9.90. The van der Waals surface area contributed by atoms with Crippen LogP contribution in [0.1, 0.15) is 29.4 Å². The van der Waals surface area contributed by atoms with Crippen molar-refractivity contribution >= 4 is 11.9 Å². The average Bonchev–Trinajstić information content (AvgIpc) is 3.04. The third kappa shape index (κ3) is 3.29. The fourth-order valence-electron chi connectivity index (χ4n) is 3.04. The van der Waals surface area contributed by atoms with Gasteiger partial charge in [0.25, 0.3) is 5.91 Å². The molecule has 0 saturated carbocycles. The molecular formula is C17H20N4O3. The number of piperidine rings is 1. The van der Waals surface area contributed by atoms with Crippen LogP contribution in [0.25, 0.3) is 5.69 Å². The van der Waals surface area contributed by atoms with Crippen molar-refractivity contribution in [1.29, 1.82) is 0 Å². The van der Waals surface area contributed by atoms with Crippen molar-refractivity contribution in [2.24, 2.45) is 11.8 Å². The van der Waals surface area contributed by atoms with E-state index < -0.39 is 11.9 Å². The van der Waals surface area contributed by atoms with Gasteiger partial charge in [-0.2, -0.15) is 0 Å². The number of carbonyl (C=O) groups is 2. The van der Waals surface area contributed by atoms with E-state index in [4.69, 9.17) is 0 Å². The molecule has 1 aromatic carbocycles. The first kappa shape index (κ1) is 16.2. The van der Waals surface area contributed by atoms with Crippen LogP contribution in [0.5, 0.6) is 0 Å². The molecule has 2 atom stereocenters. The van der Waals surface area contributed by atoms with E-state index in [1.807, 2.05) is 38.1 Å². The van der Waals surface area contributed by atoms with E-state index in [0.29, 0.717) is 13.0 Å². The Bertz CT molecular complexity index is 753. The first-order chi connectivity index (χ1) is 11.4. The maximum Gasteiger partial charge on any atom is 0.308 e. The maximum absolute atomic E-state index is 12.6. The second kappa shape index (κ2) is 6.43. The molecule has 2 unspecified atom stereocenters. The smallest absolute Gasteiger partial charge is 0.308 e. The topological polar surface area (TPSA) is 88.3 Å². The highest BCUT2D eigenvalue weighted by molar-refractivity contribution is 5.92. The van der Waals surface area contributed by atoms with Crippen LogP contribution < -0.4 is 0 Å². The standard InChI is InChI=1S/C17H20N4O3/c1-11-3-5-14(6-4-11)21-10-15(18-19-21)16(22)20-8-12(2)7-13(9-20)17(23)24/h3-6,10,12-13H,7-9H2,1-2H3,(H,23,24). The monoisotopic (exact) mass is 328 g/mol. The molecule has 7 heteroatoms. The minimum Gasteiger partial charge on any atom is -0.481 e. The highest BCUT2D eigenvalue weighted by Gasteiger charge is 2.33. The Hall–Kier alpha value is -2.70. The molecule has 0 radical (unpaired) electrons. The second-order valence-electron chi connectivity index (χ2n) is 6.47. The number of aromatic nitrogens is 3. The summed E-state index contributed by atoms with van der Waals surface area (Å²) in [7, 11) is 0. The van der Waals surface area contributed by atoms with E-state index in [-0.39, 0.29) is 24.1 Å². The molecule has 0 spiro atoms. The minimum atomic E-state index is -0.859. The predicted molar refractivity (Wildman–Crippen MR) is 86.9 cm³/mol. The summed E-state index contributed by atoms with van der Waals surface area (Å²) in [5.74, 6) is -1.50. The minimum absolute atomic E-state index is 0.149. The van der Waals surface area contributed by atoms with Gasteiger partial charge in [-0.05, 0) is 31.4 Å². The summed E-state index contributed by atoms with van der Waals surface area (Å²) < 4.78 is 1.55. The molecule has 1 fully saturated rings. The molecule has 0 aliphatic carbocycles. The highest BCUT2D eigenvalue weighted by atomic mass is 16.4. The zero-order valence-corrected chi connectivity index (χ0v) is 13.7. The van der Waals surface area contributed by atoms with Crippen molar-refractivity contribution in [1.82, 2.24) is 19.9 Å². The molecule has 0 bridgehead atoms. The van der Waals surface area contributed by atoms with Gasteiger partial charge in [0.05, 0.1) is 17.8 Å². The summed E-state index contributed by atoms with van der Waals surface area (Å²) in [6.07, 6.45) is 2.18. The van der Waals surface area contributed by atoms with E-state index in [9.17, 15) is 14.7 Å². The Labute approximate surface area is 139 Å². The van der Waals surface area contributed by atoms with Gasteiger partial charge in [-0.1, -0.05) is 29.8 Å². The lowest BCUT2D eigenvalue weighted by molar-refractivity contribution is -0.143. The number of rotatable bonds is 3. The van der Waals surface area contributed by atoms with Gasteiger partial charge in [0.15, 0.2) is 5.69 Å². The van der Waals surface area contributed by atoms with Crippen LogP contribution >= 0.6 is 0 Å². The maximum atomic E-state index is 12.6. The van der Waals surface area contributed by atoms with Crippen LogP contribution in [-0.2, 0) is 4.79 Å². The summed E-state index contributed by atoms with van der Waals surface area (Å²) in [5.41, 5.74) is 2.19. The van der Waals surface area contributed by atoms with E-state index in [0.717, 1.165) is 11.3 Å². The number of aliphatic carboxylic acids is 1. The van der Waals surface area contributed by atoms with Gasteiger partial charge in [-0.15, -0.1) is 5.10 Å². The number of aryl methyl sites for hydroxylation is 1. The third-order valence-corrected chi connectivity index (χ3v) is 4.31. The van der Waals surface area contributed by atoms with E-state index in [1.165, 1.54) is 0 Å². The van der Waals surface area contributed by atoms with Crippen molar-refractivity contribution in [2.75, 3.05) is 13.1 Å². The van der Waals surface area contributed by atoms with Crippen LogP contribution in [0.15, 0.2) is 30.5 Å². The normalized spacial score (nSPS) is 20.8. The predicted octanol–water partition coefficient (Wildman–Crippen LogP) is 1.76. The van der Waals surface area contributed by atoms with E-state index in [1.54, 1.807) is 15.8 Å². The number of hydrogen-bond donors (Lipinski definition) is 1. The SMILES string of the molecule is Cc1ccc(-n2cc(C(=O)N3CC(C)CC(C(=O)O)C3)nn2)cc1. The molecule has 1 aliphatic rings. The van der Waals surface area contributed by atoms with Gasteiger partial charge >= 0.3 is 5.97 Å². The summed E-state index contributed by atoms with van der Waals surface area (Å²) >= 11 is 0. The highest BCUT2D eigenvalue weighted by Crippen LogP contribution is 2.23. The molecule has 1 aromatic heterocycles. The first-order valence-electron chi connectivity index (χ1n) is 7.95. The number of carbonyl (C=O) groups excluding carboxylic acids is 1. The molecule has 1 saturated heterocycles. The number of carboxylic acids is 1.